The summed E-state index contributed by atoms with van der Waals surface area (Å²) in [5.41, 5.74) is -0.867. The first-order valence-electron chi connectivity index (χ1n) is 4.15. The summed E-state index contributed by atoms with van der Waals surface area (Å²) < 4.78 is 4.60. The molecule has 0 aromatic heterocycles. The number of rotatable bonds is 1. The third kappa shape index (κ3) is 1.13. The van der Waals surface area contributed by atoms with Crippen LogP contribution >= 0.6 is 0 Å². The van der Waals surface area contributed by atoms with Gasteiger partial charge in [0.2, 0.25) is 0 Å². The smallest absolute Gasteiger partial charge is 0.319 e. The molecule has 0 radical (unpaired) electrons. The highest BCUT2D eigenvalue weighted by atomic mass is 16.5. The molecule has 3 heteroatoms. The Hall–Kier alpha value is -0.860. The first-order chi connectivity index (χ1) is 5.52. The van der Waals surface area contributed by atoms with Gasteiger partial charge < -0.3 is 4.74 Å². The number of carbonyl (C=O) groups is 2. The van der Waals surface area contributed by atoms with E-state index in [9.17, 15) is 9.59 Å². The molecular formula is C9H14O3. The van der Waals surface area contributed by atoms with Crippen molar-refractivity contribution in [2.75, 3.05) is 7.11 Å². The predicted octanol–water partition coefficient (Wildman–Crippen LogP) is 1.16. The van der Waals surface area contributed by atoms with Crippen LogP contribution in [0.3, 0.4) is 0 Å². The normalized spacial score (nSPS) is 35.2. The second kappa shape index (κ2) is 2.88. The van der Waals surface area contributed by atoms with Crippen molar-refractivity contribution in [1.82, 2.24) is 0 Å². The highest BCUT2D eigenvalue weighted by Crippen LogP contribution is 2.38. The van der Waals surface area contributed by atoms with Crippen molar-refractivity contribution >= 4 is 11.8 Å². The van der Waals surface area contributed by atoms with Crippen LogP contribution in [0.4, 0.5) is 0 Å². The molecule has 68 valence electrons. The SMILES string of the molecule is COC(=O)C1(C)CCC(C)C1=O. The lowest BCUT2D eigenvalue weighted by Crippen LogP contribution is -2.34. The van der Waals surface area contributed by atoms with Crippen LogP contribution in [0.1, 0.15) is 26.7 Å². The Morgan fingerprint density at radius 3 is 2.58 bits per heavy atom. The molecule has 0 amide bonds. The van der Waals surface area contributed by atoms with Gasteiger partial charge in [-0.05, 0) is 19.8 Å². The number of carbonyl (C=O) groups excluding carboxylic acids is 2. The minimum absolute atomic E-state index is 0.00843. The lowest BCUT2D eigenvalue weighted by molar-refractivity contribution is -0.155. The number of hydrogen-bond donors (Lipinski definition) is 0. The molecule has 2 unspecified atom stereocenters. The van der Waals surface area contributed by atoms with Crippen molar-refractivity contribution in [3.63, 3.8) is 0 Å². The maximum absolute atomic E-state index is 11.5. The van der Waals surface area contributed by atoms with Crippen molar-refractivity contribution in [3.8, 4) is 0 Å². The fraction of sp³-hybridized carbons (Fsp3) is 0.778. The Balaban J connectivity index is 2.86. The second-order valence-electron chi connectivity index (χ2n) is 3.63. The van der Waals surface area contributed by atoms with E-state index in [4.69, 9.17) is 0 Å². The predicted molar refractivity (Wildman–Crippen MR) is 43.5 cm³/mol. The van der Waals surface area contributed by atoms with E-state index in [1.54, 1.807) is 6.92 Å². The van der Waals surface area contributed by atoms with E-state index in [2.05, 4.69) is 4.74 Å². The number of methoxy groups -OCH3 is 1. The molecule has 0 heterocycles. The monoisotopic (exact) mass is 170 g/mol. The Bertz CT molecular complexity index is 222. The van der Waals surface area contributed by atoms with Crippen LogP contribution < -0.4 is 0 Å². The molecule has 1 saturated carbocycles. The van der Waals surface area contributed by atoms with Crippen molar-refractivity contribution in [3.05, 3.63) is 0 Å². The fourth-order valence-corrected chi connectivity index (χ4v) is 1.73. The number of esters is 1. The fourth-order valence-electron chi connectivity index (χ4n) is 1.73. The quantitative estimate of drug-likeness (QED) is 0.438. The molecule has 0 bridgehead atoms. The van der Waals surface area contributed by atoms with Gasteiger partial charge in [-0.1, -0.05) is 6.92 Å². The van der Waals surface area contributed by atoms with Crippen LogP contribution in [0.5, 0.6) is 0 Å². The Morgan fingerprint density at radius 2 is 2.25 bits per heavy atom. The molecule has 1 fully saturated rings. The Kier molecular flexibility index (Phi) is 2.22. The van der Waals surface area contributed by atoms with Crippen LogP contribution in [0.15, 0.2) is 0 Å². The molecule has 0 N–H and O–H groups in total. The summed E-state index contributed by atoms with van der Waals surface area (Å²) in [4.78, 5) is 22.8. The van der Waals surface area contributed by atoms with Gasteiger partial charge in [-0.3, -0.25) is 9.59 Å². The van der Waals surface area contributed by atoms with Gasteiger partial charge in [0.1, 0.15) is 5.41 Å². The van der Waals surface area contributed by atoms with Crippen molar-refractivity contribution in [1.29, 1.82) is 0 Å². The zero-order valence-corrected chi connectivity index (χ0v) is 7.72. The lowest BCUT2D eigenvalue weighted by atomic mass is 9.87. The minimum Gasteiger partial charge on any atom is -0.468 e. The molecule has 0 saturated heterocycles. The van der Waals surface area contributed by atoms with Gasteiger partial charge in [0, 0.05) is 5.92 Å². The van der Waals surface area contributed by atoms with E-state index in [-0.39, 0.29) is 11.7 Å². The zero-order valence-electron chi connectivity index (χ0n) is 7.72. The number of ether oxygens (including phenoxy) is 1. The molecule has 1 aliphatic rings. The van der Waals surface area contributed by atoms with E-state index in [0.717, 1.165) is 6.42 Å². The standard InChI is InChI=1S/C9H14O3/c1-6-4-5-9(2,7(6)10)8(11)12-3/h6H,4-5H2,1-3H3. The van der Waals surface area contributed by atoms with Gasteiger partial charge >= 0.3 is 5.97 Å². The molecule has 0 aromatic rings. The van der Waals surface area contributed by atoms with Gasteiger partial charge in [0.05, 0.1) is 7.11 Å². The number of Topliss-reactive ketones (excluding diaryl/α,β-unsaturated/α-hetero) is 1. The molecule has 1 rings (SSSR count). The van der Waals surface area contributed by atoms with Crippen LogP contribution in [-0.2, 0) is 14.3 Å². The maximum Gasteiger partial charge on any atom is 0.319 e. The van der Waals surface area contributed by atoms with E-state index < -0.39 is 11.4 Å². The topological polar surface area (TPSA) is 43.4 Å². The molecule has 2 atom stereocenters. The van der Waals surface area contributed by atoms with E-state index >= 15 is 0 Å². The molecular weight excluding hydrogens is 156 g/mol. The lowest BCUT2D eigenvalue weighted by Gasteiger charge is -2.18. The summed E-state index contributed by atoms with van der Waals surface area (Å²) >= 11 is 0. The van der Waals surface area contributed by atoms with Gasteiger partial charge in [-0.25, -0.2) is 0 Å². The summed E-state index contributed by atoms with van der Waals surface area (Å²) in [6.45, 7) is 3.53. The van der Waals surface area contributed by atoms with Gasteiger partial charge in [0.25, 0.3) is 0 Å². The van der Waals surface area contributed by atoms with Crippen LogP contribution in [0.2, 0.25) is 0 Å². The third-order valence-electron chi connectivity index (χ3n) is 2.70. The molecule has 0 spiro atoms. The first kappa shape index (κ1) is 9.23. The summed E-state index contributed by atoms with van der Waals surface area (Å²) in [5, 5.41) is 0. The van der Waals surface area contributed by atoms with Crippen molar-refractivity contribution in [2.45, 2.75) is 26.7 Å². The Labute approximate surface area is 72.1 Å². The first-order valence-corrected chi connectivity index (χ1v) is 4.15. The molecule has 0 aromatic carbocycles. The number of hydrogen-bond acceptors (Lipinski definition) is 3. The van der Waals surface area contributed by atoms with Gasteiger partial charge in [-0.15, -0.1) is 0 Å². The summed E-state index contributed by atoms with van der Waals surface area (Å²) in [7, 11) is 1.32. The van der Waals surface area contributed by atoms with E-state index in [0.29, 0.717) is 6.42 Å². The van der Waals surface area contributed by atoms with E-state index in [1.807, 2.05) is 6.92 Å². The molecule has 0 aliphatic heterocycles. The van der Waals surface area contributed by atoms with Gasteiger partial charge in [-0.2, -0.15) is 0 Å². The minimum atomic E-state index is -0.867. The Morgan fingerprint density at radius 1 is 1.67 bits per heavy atom. The highest BCUT2D eigenvalue weighted by molar-refractivity contribution is 6.05. The second-order valence-corrected chi connectivity index (χ2v) is 3.63. The van der Waals surface area contributed by atoms with E-state index in [1.165, 1.54) is 7.11 Å². The maximum atomic E-state index is 11.5. The highest BCUT2D eigenvalue weighted by Gasteiger charge is 2.48. The summed E-state index contributed by atoms with van der Waals surface area (Å²) in [6.07, 6.45) is 1.42. The molecule has 12 heavy (non-hydrogen) atoms. The van der Waals surface area contributed by atoms with Gasteiger partial charge in [0.15, 0.2) is 5.78 Å². The summed E-state index contributed by atoms with van der Waals surface area (Å²) in [6, 6.07) is 0. The molecule has 3 nitrogen and oxygen atoms in total. The van der Waals surface area contributed by atoms with Crippen molar-refractivity contribution in [2.24, 2.45) is 11.3 Å². The largest absolute Gasteiger partial charge is 0.468 e. The van der Waals surface area contributed by atoms with Crippen LogP contribution in [0.25, 0.3) is 0 Å². The third-order valence-corrected chi connectivity index (χ3v) is 2.70. The number of ketones is 1. The van der Waals surface area contributed by atoms with Crippen LogP contribution in [0, 0.1) is 11.3 Å². The average molecular weight is 170 g/mol. The van der Waals surface area contributed by atoms with Crippen LogP contribution in [-0.4, -0.2) is 18.9 Å². The summed E-state index contributed by atoms with van der Waals surface area (Å²) in [5.74, 6) is -0.361. The average Bonchev–Trinajstić information content (AvgIpc) is 2.33. The van der Waals surface area contributed by atoms with Crippen molar-refractivity contribution < 1.29 is 14.3 Å². The molecule has 1 aliphatic carbocycles. The zero-order chi connectivity index (χ0) is 9.35.